The smallest absolute Gasteiger partial charge is 0.360 e. The number of alkyl halides is 1. The normalized spacial score (nSPS) is 27.4. The fraction of sp³-hybridized carbons (Fsp3) is 0.571. The summed E-state index contributed by atoms with van der Waals surface area (Å²) in [5.74, 6) is -0.839. The fourth-order valence-corrected chi connectivity index (χ4v) is 2.12. The van der Waals surface area contributed by atoms with Crippen molar-refractivity contribution in [3.63, 3.8) is 0 Å². The third-order valence-corrected chi connectivity index (χ3v) is 3.80. The van der Waals surface area contributed by atoms with Gasteiger partial charge in [-0.15, -0.1) is 0 Å². The molecule has 0 saturated carbocycles. The minimum atomic E-state index is -0.424. The molecule has 0 aromatic rings. The van der Waals surface area contributed by atoms with E-state index in [1.54, 1.807) is 13.0 Å². The second-order valence-corrected chi connectivity index (χ2v) is 6.56. The molecule has 0 aliphatic carbocycles. The molecule has 8 nitrogen and oxygen atoms in total. The molecular weight excluding hydrogens is 372 g/mol. The first-order valence-corrected chi connectivity index (χ1v) is 7.56. The van der Waals surface area contributed by atoms with Crippen LogP contribution in [-0.2, 0) is 28.7 Å². The van der Waals surface area contributed by atoms with Crippen molar-refractivity contribution in [1.29, 1.82) is 0 Å². The van der Waals surface area contributed by atoms with Crippen LogP contribution in [0.25, 0.3) is 0 Å². The highest BCUT2D eigenvalue weighted by Crippen LogP contribution is 2.28. The van der Waals surface area contributed by atoms with Crippen LogP contribution in [-0.4, -0.2) is 55.1 Å². The Morgan fingerprint density at radius 3 is 2.35 bits per heavy atom. The lowest BCUT2D eigenvalue weighted by atomic mass is 10.00. The standard InChI is InChI=1S/C7H10BrNO3.C7H9NO3/c1-7(8)3-4-12-6(10)5(7)9-11-2;1-5-3-4-11-7(9)6(5)8-10-2/h3-4H2,1-2H3;3H,4H2,1-2H3/b9-5-;8-6+. The van der Waals surface area contributed by atoms with Gasteiger partial charge in [-0.1, -0.05) is 26.2 Å². The number of hydrogen-bond donors (Lipinski definition) is 0. The summed E-state index contributed by atoms with van der Waals surface area (Å²) in [5.41, 5.74) is 1.33. The zero-order valence-corrected chi connectivity index (χ0v) is 15.0. The first-order chi connectivity index (χ1) is 10.8. The van der Waals surface area contributed by atoms with Crippen molar-refractivity contribution in [2.24, 2.45) is 10.3 Å². The van der Waals surface area contributed by atoms with Crippen molar-refractivity contribution in [2.45, 2.75) is 24.6 Å². The molecule has 0 radical (unpaired) electrons. The van der Waals surface area contributed by atoms with Gasteiger partial charge in [0.25, 0.3) is 0 Å². The number of nitrogens with zero attached hydrogens (tertiary/aromatic N) is 2. The molecule has 2 aliphatic heterocycles. The first-order valence-electron chi connectivity index (χ1n) is 6.76. The number of halogens is 1. The SMILES string of the molecule is CO/N=C1/C(=O)OCC=C1C.CO/N=C1/C(=O)OCCC1(C)Br. The molecule has 1 atom stereocenters. The van der Waals surface area contributed by atoms with Gasteiger partial charge in [0.1, 0.15) is 20.8 Å². The van der Waals surface area contributed by atoms with Gasteiger partial charge in [-0.05, 0) is 25.5 Å². The van der Waals surface area contributed by atoms with Crippen LogP contribution in [0.5, 0.6) is 0 Å². The van der Waals surface area contributed by atoms with Crippen molar-refractivity contribution in [3.8, 4) is 0 Å². The molecule has 0 aromatic heterocycles. The van der Waals surface area contributed by atoms with Crippen LogP contribution in [0, 0.1) is 0 Å². The maximum absolute atomic E-state index is 11.1. The zero-order chi connectivity index (χ0) is 17.5. The Bertz CT molecular complexity index is 553. The largest absolute Gasteiger partial charge is 0.461 e. The minimum Gasteiger partial charge on any atom is -0.461 e. The van der Waals surface area contributed by atoms with Gasteiger partial charge in [0.15, 0.2) is 11.4 Å². The van der Waals surface area contributed by atoms with Gasteiger partial charge in [-0.3, -0.25) is 0 Å². The summed E-state index contributed by atoms with van der Waals surface area (Å²) < 4.78 is 9.07. The molecule has 2 aliphatic rings. The summed E-state index contributed by atoms with van der Waals surface area (Å²) in [5, 5.41) is 7.13. The Labute approximate surface area is 142 Å². The van der Waals surface area contributed by atoms with Crippen LogP contribution in [0.1, 0.15) is 20.3 Å². The molecule has 2 heterocycles. The van der Waals surface area contributed by atoms with E-state index in [2.05, 4.69) is 40.7 Å². The highest BCUT2D eigenvalue weighted by atomic mass is 79.9. The van der Waals surface area contributed by atoms with Crippen LogP contribution in [0.4, 0.5) is 0 Å². The second-order valence-electron chi connectivity index (χ2n) is 4.81. The van der Waals surface area contributed by atoms with Crippen molar-refractivity contribution < 1.29 is 28.7 Å². The van der Waals surface area contributed by atoms with E-state index in [0.29, 0.717) is 19.6 Å². The Kier molecular flexibility index (Phi) is 7.21. The summed E-state index contributed by atoms with van der Waals surface area (Å²) >= 11 is 3.39. The topological polar surface area (TPSA) is 95.8 Å². The van der Waals surface area contributed by atoms with Gasteiger partial charge in [0, 0.05) is 6.42 Å². The molecule has 9 heteroatoms. The third kappa shape index (κ3) is 5.34. The van der Waals surface area contributed by atoms with Crippen molar-refractivity contribution in [3.05, 3.63) is 11.6 Å². The molecule has 0 N–H and O–H groups in total. The molecule has 1 unspecified atom stereocenters. The fourth-order valence-electron chi connectivity index (χ4n) is 1.73. The number of rotatable bonds is 2. The van der Waals surface area contributed by atoms with Crippen molar-refractivity contribution in [2.75, 3.05) is 27.4 Å². The van der Waals surface area contributed by atoms with Gasteiger partial charge >= 0.3 is 11.9 Å². The molecule has 0 aromatic carbocycles. The zero-order valence-electron chi connectivity index (χ0n) is 13.4. The van der Waals surface area contributed by atoms with Crippen LogP contribution in [0.3, 0.4) is 0 Å². The summed E-state index contributed by atoms with van der Waals surface area (Å²) in [4.78, 5) is 31.1. The maximum Gasteiger partial charge on any atom is 0.360 e. The number of carbonyl (C=O) groups excluding carboxylic acids is 2. The predicted molar refractivity (Wildman–Crippen MR) is 86.5 cm³/mol. The molecule has 128 valence electrons. The molecule has 0 amide bonds. The Morgan fingerprint density at radius 1 is 1.17 bits per heavy atom. The van der Waals surface area contributed by atoms with Crippen molar-refractivity contribution in [1.82, 2.24) is 0 Å². The van der Waals surface area contributed by atoms with Gasteiger partial charge in [0.2, 0.25) is 0 Å². The molecule has 1 saturated heterocycles. The first kappa shape index (κ1) is 19.1. The lowest BCUT2D eigenvalue weighted by Crippen LogP contribution is -2.42. The number of cyclic esters (lactones) is 2. The van der Waals surface area contributed by atoms with Gasteiger partial charge in [-0.2, -0.15) is 0 Å². The Balaban J connectivity index is 0.000000231. The Hall–Kier alpha value is -1.90. The highest BCUT2D eigenvalue weighted by molar-refractivity contribution is 9.10. The maximum atomic E-state index is 11.1. The van der Waals surface area contributed by atoms with E-state index in [1.807, 2.05) is 6.92 Å². The molecule has 0 spiro atoms. The van der Waals surface area contributed by atoms with E-state index >= 15 is 0 Å². The van der Waals surface area contributed by atoms with Gasteiger partial charge in [-0.25, -0.2) is 9.59 Å². The molecular formula is C14H19BrN2O6. The van der Waals surface area contributed by atoms with Gasteiger partial charge < -0.3 is 19.1 Å². The molecule has 1 fully saturated rings. The van der Waals surface area contributed by atoms with E-state index in [9.17, 15) is 9.59 Å². The number of carbonyl (C=O) groups is 2. The van der Waals surface area contributed by atoms with Crippen LogP contribution in [0.2, 0.25) is 0 Å². The monoisotopic (exact) mass is 390 g/mol. The number of oxime groups is 2. The number of hydrogen-bond acceptors (Lipinski definition) is 8. The highest BCUT2D eigenvalue weighted by Gasteiger charge is 2.38. The number of ether oxygens (including phenoxy) is 2. The summed E-state index contributed by atoms with van der Waals surface area (Å²) in [6.07, 6.45) is 2.49. The average molecular weight is 391 g/mol. The molecule has 2 rings (SSSR count). The van der Waals surface area contributed by atoms with Crippen molar-refractivity contribution >= 4 is 39.3 Å². The van der Waals surface area contributed by atoms with E-state index in [-0.39, 0.29) is 11.4 Å². The average Bonchev–Trinajstić information content (AvgIpc) is 2.48. The quantitative estimate of drug-likeness (QED) is 0.403. The predicted octanol–water partition coefficient (Wildman–Crippen LogP) is 1.58. The summed E-state index contributed by atoms with van der Waals surface area (Å²) in [6.45, 7) is 4.40. The van der Waals surface area contributed by atoms with Gasteiger partial charge in [0.05, 0.1) is 10.9 Å². The number of esters is 2. The summed E-state index contributed by atoms with van der Waals surface area (Å²) in [7, 11) is 2.79. The van der Waals surface area contributed by atoms with E-state index in [1.165, 1.54) is 14.2 Å². The lowest BCUT2D eigenvalue weighted by Gasteiger charge is -2.26. The Morgan fingerprint density at radius 2 is 1.83 bits per heavy atom. The third-order valence-electron chi connectivity index (χ3n) is 3.03. The summed E-state index contributed by atoms with van der Waals surface area (Å²) in [6, 6.07) is 0. The van der Waals surface area contributed by atoms with Crippen LogP contribution in [0.15, 0.2) is 22.0 Å². The van der Waals surface area contributed by atoms with E-state index < -0.39 is 16.3 Å². The minimum absolute atomic E-state index is 0.249. The van der Waals surface area contributed by atoms with E-state index in [4.69, 9.17) is 4.74 Å². The van der Waals surface area contributed by atoms with E-state index in [0.717, 1.165) is 5.57 Å². The second kappa shape index (κ2) is 8.66. The molecule has 0 bridgehead atoms. The van der Waals surface area contributed by atoms with Crippen LogP contribution >= 0.6 is 15.9 Å². The lowest BCUT2D eigenvalue weighted by molar-refractivity contribution is -0.137. The van der Waals surface area contributed by atoms with Crippen LogP contribution < -0.4 is 0 Å². The molecule has 23 heavy (non-hydrogen) atoms.